The van der Waals surface area contributed by atoms with E-state index in [1.807, 2.05) is 17.5 Å². The van der Waals surface area contributed by atoms with Gasteiger partial charge in [0.2, 0.25) is 0 Å². The molecule has 0 aliphatic rings. The smallest absolute Gasteiger partial charge is 0.131 e. The molecule has 2 rings (SSSR count). The zero-order valence-electron chi connectivity index (χ0n) is 8.52. The first-order chi connectivity index (χ1) is 7.81. The van der Waals surface area contributed by atoms with Crippen LogP contribution in [0.4, 0.5) is 0 Å². The molecule has 16 heavy (non-hydrogen) atoms. The van der Waals surface area contributed by atoms with Crippen molar-refractivity contribution >= 4 is 22.9 Å². The molecule has 0 radical (unpaired) electrons. The molecule has 0 saturated carbocycles. The molecule has 3 nitrogen and oxygen atoms in total. The average Bonchev–Trinajstić information content (AvgIpc) is 2.79. The Balaban J connectivity index is 2.12. The van der Waals surface area contributed by atoms with Gasteiger partial charge in [-0.25, -0.2) is 4.98 Å². The Labute approximate surface area is 103 Å². The molecule has 84 valence electrons. The molecule has 0 unspecified atom stereocenters. The van der Waals surface area contributed by atoms with Gasteiger partial charge in [0.25, 0.3) is 0 Å². The Morgan fingerprint density at radius 3 is 3.00 bits per heavy atom. The third kappa shape index (κ3) is 2.52. The summed E-state index contributed by atoms with van der Waals surface area (Å²) in [6.45, 7) is 0.808. The van der Waals surface area contributed by atoms with Crippen molar-refractivity contribution in [3.63, 3.8) is 0 Å². The highest BCUT2D eigenvalue weighted by atomic mass is 35.5. The van der Waals surface area contributed by atoms with E-state index in [9.17, 15) is 0 Å². The summed E-state index contributed by atoms with van der Waals surface area (Å²) in [4.78, 5) is 4.14. The van der Waals surface area contributed by atoms with Gasteiger partial charge in [0.15, 0.2) is 0 Å². The second kappa shape index (κ2) is 5.30. The summed E-state index contributed by atoms with van der Waals surface area (Å²) in [6, 6.07) is 5.51. The number of thiazole rings is 1. The predicted molar refractivity (Wildman–Crippen MR) is 65.8 cm³/mol. The number of hydrogen-bond acceptors (Lipinski definition) is 4. The summed E-state index contributed by atoms with van der Waals surface area (Å²) in [5.74, 6) is 0.725. The summed E-state index contributed by atoms with van der Waals surface area (Å²) in [7, 11) is 0. The van der Waals surface area contributed by atoms with E-state index in [0.29, 0.717) is 18.2 Å². The molecule has 0 aliphatic carbocycles. The molecule has 0 aliphatic heterocycles. The Kier molecular flexibility index (Phi) is 3.77. The standard InChI is InChI=1S/C11H11ClN2OS/c12-10-2-1-3-11(9(10)4-13)15-5-8-6-16-7-14-8/h1-3,6-7H,4-5,13H2. The van der Waals surface area contributed by atoms with Crippen LogP contribution in [0.2, 0.25) is 5.02 Å². The lowest BCUT2D eigenvalue weighted by Gasteiger charge is -2.10. The predicted octanol–water partition coefficient (Wildman–Crippen LogP) is 2.83. The van der Waals surface area contributed by atoms with E-state index >= 15 is 0 Å². The van der Waals surface area contributed by atoms with Crippen LogP contribution in [-0.2, 0) is 13.2 Å². The zero-order valence-corrected chi connectivity index (χ0v) is 10.1. The molecule has 1 aromatic carbocycles. The van der Waals surface area contributed by atoms with Crippen molar-refractivity contribution in [1.82, 2.24) is 4.98 Å². The molecule has 1 aromatic heterocycles. The Hall–Kier alpha value is -1.10. The van der Waals surface area contributed by atoms with Crippen LogP contribution in [0, 0.1) is 0 Å². The maximum atomic E-state index is 6.02. The molecular formula is C11H11ClN2OS. The first-order valence-corrected chi connectivity index (χ1v) is 6.10. The number of nitrogens with two attached hydrogens (primary N) is 1. The molecule has 0 amide bonds. The molecule has 0 atom stereocenters. The second-order valence-corrected chi connectivity index (χ2v) is 4.31. The highest BCUT2D eigenvalue weighted by Crippen LogP contribution is 2.26. The highest BCUT2D eigenvalue weighted by molar-refractivity contribution is 7.07. The summed E-state index contributed by atoms with van der Waals surface area (Å²) < 4.78 is 5.63. The maximum Gasteiger partial charge on any atom is 0.131 e. The van der Waals surface area contributed by atoms with Gasteiger partial charge in [-0.1, -0.05) is 17.7 Å². The summed E-state index contributed by atoms with van der Waals surface area (Å²) in [5, 5.41) is 2.59. The summed E-state index contributed by atoms with van der Waals surface area (Å²) in [6.07, 6.45) is 0. The van der Waals surface area contributed by atoms with Crippen LogP contribution < -0.4 is 10.5 Å². The lowest BCUT2D eigenvalue weighted by atomic mass is 10.2. The fourth-order valence-corrected chi connectivity index (χ4v) is 2.12. The van der Waals surface area contributed by atoms with Crippen LogP contribution in [0.25, 0.3) is 0 Å². The van der Waals surface area contributed by atoms with Gasteiger partial charge in [0.05, 0.1) is 11.2 Å². The number of aromatic nitrogens is 1. The van der Waals surface area contributed by atoms with Crippen molar-refractivity contribution in [3.8, 4) is 5.75 Å². The maximum absolute atomic E-state index is 6.02. The second-order valence-electron chi connectivity index (χ2n) is 3.19. The van der Waals surface area contributed by atoms with Gasteiger partial charge in [-0.2, -0.15) is 0 Å². The van der Waals surface area contributed by atoms with Crippen LogP contribution in [-0.4, -0.2) is 4.98 Å². The monoisotopic (exact) mass is 254 g/mol. The van der Waals surface area contributed by atoms with Crippen molar-refractivity contribution in [2.75, 3.05) is 0 Å². The van der Waals surface area contributed by atoms with Gasteiger partial charge in [-0.3, -0.25) is 0 Å². The zero-order chi connectivity index (χ0) is 11.4. The van der Waals surface area contributed by atoms with E-state index < -0.39 is 0 Å². The Bertz CT molecular complexity index is 459. The topological polar surface area (TPSA) is 48.1 Å². The normalized spacial score (nSPS) is 10.4. The number of rotatable bonds is 4. The van der Waals surface area contributed by atoms with Gasteiger partial charge in [0.1, 0.15) is 12.4 Å². The summed E-state index contributed by atoms with van der Waals surface area (Å²) in [5.41, 5.74) is 9.14. The van der Waals surface area contributed by atoms with Crippen LogP contribution in [0.15, 0.2) is 29.1 Å². The van der Waals surface area contributed by atoms with Crippen molar-refractivity contribution in [1.29, 1.82) is 0 Å². The number of ether oxygens (including phenoxy) is 1. The van der Waals surface area contributed by atoms with E-state index in [-0.39, 0.29) is 0 Å². The third-order valence-electron chi connectivity index (χ3n) is 2.14. The first-order valence-electron chi connectivity index (χ1n) is 4.78. The Morgan fingerprint density at radius 1 is 1.44 bits per heavy atom. The number of nitrogens with zero attached hydrogens (tertiary/aromatic N) is 1. The van der Waals surface area contributed by atoms with E-state index in [0.717, 1.165) is 17.0 Å². The lowest BCUT2D eigenvalue weighted by molar-refractivity contribution is 0.299. The van der Waals surface area contributed by atoms with Crippen molar-refractivity contribution in [2.45, 2.75) is 13.2 Å². The van der Waals surface area contributed by atoms with Crippen molar-refractivity contribution < 1.29 is 4.74 Å². The highest BCUT2D eigenvalue weighted by Gasteiger charge is 2.06. The fraction of sp³-hybridized carbons (Fsp3) is 0.182. The molecule has 0 fully saturated rings. The molecule has 0 bridgehead atoms. The molecule has 2 N–H and O–H groups in total. The Morgan fingerprint density at radius 2 is 2.31 bits per heavy atom. The molecular weight excluding hydrogens is 244 g/mol. The minimum Gasteiger partial charge on any atom is -0.487 e. The molecule has 2 aromatic rings. The SMILES string of the molecule is NCc1c(Cl)cccc1OCc1cscn1. The lowest BCUT2D eigenvalue weighted by Crippen LogP contribution is -2.03. The van der Waals surface area contributed by atoms with E-state index in [2.05, 4.69) is 4.98 Å². The molecule has 0 saturated heterocycles. The molecule has 5 heteroatoms. The number of hydrogen-bond donors (Lipinski definition) is 1. The first kappa shape index (κ1) is 11.4. The molecule has 1 heterocycles. The van der Waals surface area contributed by atoms with Crippen LogP contribution in [0.3, 0.4) is 0 Å². The van der Waals surface area contributed by atoms with Crippen molar-refractivity contribution in [2.24, 2.45) is 5.73 Å². The van der Waals surface area contributed by atoms with Crippen molar-refractivity contribution in [3.05, 3.63) is 45.4 Å². The number of halogens is 1. The van der Waals surface area contributed by atoms with Gasteiger partial charge in [0, 0.05) is 22.5 Å². The van der Waals surface area contributed by atoms with Gasteiger partial charge in [-0.15, -0.1) is 11.3 Å². The van der Waals surface area contributed by atoms with Crippen LogP contribution in [0.1, 0.15) is 11.3 Å². The minimum absolute atomic E-state index is 0.367. The van der Waals surface area contributed by atoms with E-state index in [4.69, 9.17) is 22.1 Å². The number of benzene rings is 1. The quantitative estimate of drug-likeness (QED) is 0.913. The third-order valence-corrected chi connectivity index (χ3v) is 3.13. The average molecular weight is 255 g/mol. The minimum atomic E-state index is 0.367. The van der Waals surface area contributed by atoms with Gasteiger partial charge >= 0.3 is 0 Å². The largest absolute Gasteiger partial charge is 0.487 e. The van der Waals surface area contributed by atoms with Gasteiger partial charge < -0.3 is 10.5 Å². The van der Waals surface area contributed by atoms with E-state index in [1.165, 1.54) is 0 Å². The van der Waals surface area contributed by atoms with Crippen LogP contribution in [0.5, 0.6) is 5.75 Å². The fourth-order valence-electron chi connectivity index (χ4n) is 1.33. The van der Waals surface area contributed by atoms with Gasteiger partial charge in [-0.05, 0) is 12.1 Å². The summed E-state index contributed by atoms with van der Waals surface area (Å²) >= 11 is 7.56. The van der Waals surface area contributed by atoms with Crippen LogP contribution >= 0.6 is 22.9 Å². The molecule has 0 spiro atoms. The van der Waals surface area contributed by atoms with E-state index in [1.54, 1.807) is 22.9 Å².